The maximum atomic E-state index is 10.7. The van der Waals surface area contributed by atoms with E-state index in [1.165, 1.54) is 0 Å². The van der Waals surface area contributed by atoms with Gasteiger partial charge < -0.3 is 75.1 Å². The molecule has 0 amide bonds. The summed E-state index contributed by atoms with van der Waals surface area (Å²) in [6, 6.07) is 0. The molecular weight excluding hydrogens is 504 g/mol. The fraction of sp³-hybridized carbons (Fsp3) is 1.00. The van der Waals surface area contributed by atoms with Gasteiger partial charge in [0.2, 0.25) is 0 Å². The zero-order valence-corrected chi connectivity index (χ0v) is 21.0. The van der Waals surface area contributed by atoms with Crippen LogP contribution in [0.1, 0.15) is 27.2 Å². The molecule has 0 saturated carbocycles. The molecule has 220 valence electrons. The Morgan fingerprint density at radius 1 is 0.703 bits per heavy atom. The molecule has 11 N–H and O–H groups in total. The second-order valence-corrected chi connectivity index (χ2v) is 10.7. The van der Waals surface area contributed by atoms with Gasteiger partial charge in [-0.2, -0.15) is 0 Å². The van der Waals surface area contributed by atoms with Crippen molar-refractivity contribution >= 4 is 0 Å². The zero-order chi connectivity index (χ0) is 28.2. The number of ether oxygens (including phenoxy) is 4. The summed E-state index contributed by atoms with van der Waals surface area (Å²) >= 11 is 0. The van der Waals surface area contributed by atoms with Crippen molar-refractivity contribution in [2.75, 3.05) is 19.8 Å². The van der Waals surface area contributed by atoms with E-state index in [0.29, 0.717) is 0 Å². The van der Waals surface area contributed by atoms with E-state index in [0.717, 1.165) is 0 Å². The van der Waals surface area contributed by atoms with E-state index in [1.54, 1.807) is 20.8 Å². The summed E-state index contributed by atoms with van der Waals surface area (Å²) in [6.45, 7) is 2.94. The van der Waals surface area contributed by atoms with Crippen molar-refractivity contribution in [1.82, 2.24) is 0 Å². The second-order valence-electron chi connectivity index (χ2n) is 10.7. The predicted octanol–water partition coefficient (Wildman–Crippen LogP) is -5.49. The molecule has 1 unspecified atom stereocenters. The number of aliphatic hydroxyl groups is 11. The molecule has 2 aliphatic heterocycles. The van der Waals surface area contributed by atoms with Crippen LogP contribution < -0.4 is 0 Å². The van der Waals surface area contributed by atoms with Crippen molar-refractivity contribution in [3.63, 3.8) is 0 Å². The van der Waals surface area contributed by atoms with Gasteiger partial charge in [-0.15, -0.1) is 0 Å². The highest BCUT2D eigenvalue weighted by Gasteiger charge is 2.51. The van der Waals surface area contributed by atoms with Crippen LogP contribution in [0.15, 0.2) is 0 Å². The highest BCUT2D eigenvalue weighted by Crippen LogP contribution is 2.31. The van der Waals surface area contributed by atoms with Gasteiger partial charge in [0.15, 0.2) is 12.6 Å². The van der Waals surface area contributed by atoms with Crippen molar-refractivity contribution in [2.45, 2.75) is 113 Å². The molecule has 15 nitrogen and oxygen atoms in total. The summed E-state index contributed by atoms with van der Waals surface area (Å²) in [7, 11) is 0. The van der Waals surface area contributed by atoms with Crippen LogP contribution in [0.25, 0.3) is 0 Å². The van der Waals surface area contributed by atoms with Crippen LogP contribution >= 0.6 is 0 Å². The van der Waals surface area contributed by atoms with Gasteiger partial charge in [-0.25, -0.2) is 0 Å². The molecule has 0 spiro atoms. The first-order valence-electron chi connectivity index (χ1n) is 12.1. The van der Waals surface area contributed by atoms with Crippen LogP contribution in [-0.4, -0.2) is 162 Å². The van der Waals surface area contributed by atoms with E-state index in [2.05, 4.69) is 0 Å². The third-order valence-electron chi connectivity index (χ3n) is 6.37. The largest absolute Gasteiger partial charge is 0.394 e. The Morgan fingerprint density at radius 3 is 1.76 bits per heavy atom. The Balaban J connectivity index is 2.18. The smallest absolute Gasteiger partial charge is 0.187 e. The van der Waals surface area contributed by atoms with Crippen molar-refractivity contribution in [2.24, 2.45) is 5.41 Å². The van der Waals surface area contributed by atoms with Gasteiger partial charge in [0.1, 0.15) is 67.1 Å². The summed E-state index contributed by atoms with van der Waals surface area (Å²) in [5.41, 5.74) is -0.427. The lowest BCUT2D eigenvalue weighted by atomic mass is 9.86. The Hall–Kier alpha value is -0.600. The van der Waals surface area contributed by atoms with E-state index >= 15 is 0 Å². The van der Waals surface area contributed by atoms with Gasteiger partial charge in [-0.05, 0) is 11.8 Å². The van der Waals surface area contributed by atoms with Gasteiger partial charge in [0.05, 0.1) is 25.9 Å². The van der Waals surface area contributed by atoms with Gasteiger partial charge in [0, 0.05) is 0 Å². The molecule has 0 bridgehead atoms. The van der Waals surface area contributed by atoms with Crippen LogP contribution in [0.4, 0.5) is 0 Å². The third kappa shape index (κ3) is 7.97. The Morgan fingerprint density at radius 2 is 1.24 bits per heavy atom. The van der Waals surface area contributed by atoms with Crippen LogP contribution in [0.5, 0.6) is 0 Å². The minimum atomic E-state index is -1.93. The molecule has 2 rings (SSSR count). The number of aliphatic hydroxyl groups excluding tert-OH is 11. The van der Waals surface area contributed by atoms with E-state index in [-0.39, 0.29) is 6.42 Å². The highest BCUT2D eigenvalue weighted by atomic mass is 16.7. The topological polar surface area (TPSA) is 259 Å². The fourth-order valence-corrected chi connectivity index (χ4v) is 4.29. The lowest BCUT2D eigenvalue weighted by Crippen LogP contribution is -2.65. The van der Waals surface area contributed by atoms with E-state index in [1.807, 2.05) is 0 Å². The molecule has 15 heteroatoms. The van der Waals surface area contributed by atoms with Crippen molar-refractivity contribution in [3.8, 4) is 0 Å². The van der Waals surface area contributed by atoms with Gasteiger partial charge in [-0.3, -0.25) is 0 Å². The predicted molar refractivity (Wildman–Crippen MR) is 120 cm³/mol. The first-order valence-corrected chi connectivity index (χ1v) is 12.1. The molecule has 0 aromatic heterocycles. The molecule has 0 radical (unpaired) electrons. The molecule has 2 fully saturated rings. The highest BCUT2D eigenvalue weighted by molar-refractivity contribution is 4.95. The lowest BCUT2D eigenvalue weighted by molar-refractivity contribution is -0.367. The van der Waals surface area contributed by atoms with E-state index in [4.69, 9.17) is 18.9 Å². The molecule has 2 aliphatic rings. The lowest BCUT2D eigenvalue weighted by Gasteiger charge is -2.46. The summed E-state index contributed by atoms with van der Waals surface area (Å²) in [6.07, 6.45) is -23.4. The SMILES string of the molecule is CC(C)(C)C[C@H](O)[C@@H](O)[C@@H](O[C@@H]1O[C@H](CO)[C@H](OC2O[C@H](CO)[C@@H](O)[C@H](O)[C@H]2O)[C@H](O)[C@H]1O)[C@H](O)CO. The zero-order valence-electron chi connectivity index (χ0n) is 21.0. The van der Waals surface area contributed by atoms with E-state index < -0.39 is 111 Å². The first-order chi connectivity index (χ1) is 17.2. The second kappa shape index (κ2) is 13.6. The Bertz CT molecular complexity index is 673. The normalized spacial score (nSPS) is 40.7. The van der Waals surface area contributed by atoms with E-state index in [9.17, 15) is 56.2 Å². The van der Waals surface area contributed by atoms with Crippen molar-refractivity contribution in [1.29, 1.82) is 0 Å². The number of hydrogen-bond donors (Lipinski definition) is 11. The maximum absolute atomic E-state index is 10.7. The molecule has 2 heterocycles. The summed E-state index contributed by atoms with van der Waals surface area (Å²) in [4.78, 5) is 0. The molecular formula is C22H42O15. The van der Waals surface area contributed by atoms with Crippen molar-refractivity contribution < 1.29 is 75.1 Å². The first kappa shape index (κ1) is 32.6. The molecule has 2 saturated heterocycles. The summed E-state index contributed by atoms with van der Waals surface area (Å²) in [5.74, 6) is 0. The minimum absolute atomic E-state index is 0.0805. The monoisotopic (exact) mass is 546 g/mol. The average molecular weight is 547 g/mol. The number of hydrogen-bond acceptors (Lipinski definition) is 15. The summed E-state index contributed by atoms with van der Waals surface area (Å²) in [5, 5.41) is 111. The van der Waals surface area contributed by atoms with Crippen LogP contribution in [0.2, 0.25) is 0 Å². The van der Waals surface area contributed by atoms with Crippen LogP contribution in [0, 0.1) is 5.41 Å². The van der Waals surface area contributed by atoms with Crippen molar-refractivity contribution in [3.05, 3.63) is 0 Å². The van der Waals surface area contributed by atoms with Crippen LogP contribution in [0.3, 0.4) is 0 Å². The van der Waals surface area contributed by atoms with Gasteiger partial charge >= 0.3 is 0 Å². The molecule has 0 aromatic rings. The summed E-state index contributed by atoms with van der Waals surface area (Å²) < 4.78 is 21.6. The third-order valence-corrected chi connectivity index (χ3v) is 6.37. The minimum Gasteiger partial charge on any atom is -0.394 e. The molecule has 0 aliphatic carbocycles. The average Bonchev–Trinajstić information content (AvgIpc) is 2.84. The Kier molecular flexibility index (Phi) is 12.0. The van der Waals surface area contributed by atoms with Gasteiger partial charge in [0.25, 0.3) is 0 Å². The Labute approximate surface area is 214 Å². The maximum Gasteiger partial charge on any atom is 0.187 e. The molecule has 0 aromatic carbocycles. The standard InChI is InChI=1S/C22H42O15/c1-22(2,3)4-8(26)12(28)18(9(27)5-23)36-21-17(33)15(31)19(11(7-25)35-21)37-20-16(32)14(30)13(29)10(6-24)34-20/h8-21,23-33H,4-7H2,1-3H3/t8-,9+,10+,11+,12+,13+,14-,15+,16+,17+,18-,19-,20?,21-/m0/s1. The number of rotatable bonds is 11. The molecule has 14 atom stereocenters. The fourth-order valence-electron chi connectivity index (χ4n) is 4.29. The van der Waals surface area contributed by atoms with Gasteiger partial charge in [-0.1, -0.05) is 20.8 Å². The quantitative estimate of drug-likeness (QED) is 0.115. The molecule has 37 heavy (non-hydrogen) atoms. The van der Waals surface area contributed by atoms with Crippen LogP contribution in [-0.2, 0) is 18.9 Å².